The van der Waals surface area contributed by atoms with Gasteiger partial charge in [0.25, 0.3) is 0 Å². The van der Waals surface area contributed by atoms with Crippen LogP contribution in [0, 0.1) is 0 Å². The normalized spacial score (nSPS) is 12.3. The van der Waals surface area contributed by atoms with Gasteiger partial charge in [-0.15, -0.1) is 0 Å². The molecule has 0 unspecified atom stereocenters. The smallest absolute Gasteiger partial charge is 0.317 e. The van der Waals surface area contributed by atoms with E-state index in [0.717, 1.165) is 0 Å². The Morgan fingerprint density at radius 2 is 1.58 bits per heavy atom. The number of hydrogen-bond acceptors (Lipinski definition) is 5. The quantitative estimate of drug-likeness (QED) is 0.390. The van der Waals surface area contributed by atoms with Gasteiger partial charge < -0.3 is 20.6 Å². The lowest BCUT2D eigenvalue weighted by Gasteiger charge is -2.22. The van der Waals surface area contributed by atoms with E-state index in [-0.39, 0.29) is 32.2 Å². The molecule has 0 aromatic rings. The molecule has 0 saturated heterocycles. The van der Waals surface area contributed by atoms with Crippen LogP contribution in [0.5, 0.6) is 0 Å². The Hall–Kier alpha value is -1.67. The zero-order valence-electron chi connectivity index (χ0n) is 10.8. The van der Waals surface area contributed by atoms with Crippen LogP contribution in [-0.4, -0.2) is 70.3 Å². The van der Waals surface area contributed by atoms with Gasteiger partial charge in [-0.1, -0.05) is 6.92 Å². The SMILES string of the molecule is CC[C@H](CCN(CC(=O)O)CC(=O)O)NCC(=O)O. The predicted octanol–water partition coefficient (Wildman–Crippen LogP) is -0.699. The molecule has 0 amide bonds. The maximum absolute atomic E-state index is 10.6. The van der Waals surface area contributed by atoms with Crippen molar-refractivity contribution in [3.63, 3.8) is 0 Å². The van der Waals surface area contributed by atoms with E-state index in [4.69, 9.17) is 15.3 Å². The van der Waals surface area contributed by atoms with Crippen molar-refractivity contribution in [1.82, 2.24) is 10.2 Å². The summed E-state index contributed by atoms with van der Waals surface area (Å²) in [6, 6.07) is -0.0822. The Morgan fingerprint density at radius 3 is 1.95 bits per heavy atom. The average Bonchev–Trinajstić information content (AvgIpc) is 2.27. The number of rotatable bonds is 11. The van der Waals surface area contributed by atoms with E-state index in [1.54, 1.807) is 0 Å². The van der Waals surface area contributed by atoms with E-state index < -0.39 is 17.9 Å². The van der Waals surface area contributed by atoms with Crippen LogP contribution < -0.4 is 5.32 Å². The summed E-state index contributed by atoms with van der Waals surface area (Å²) in [7, 11) is 0. The molecule has 0 fully saturated rings. The van der Waals surface area contributed by atoms with Crippen molar-refractivity contribution in [2.24, 2.45) is 0 Å². The molecule has 0 spiro atoms. The van der Waals surface area contributed by atoms with E-state index in [2.05, 4.69) is 5.32 Å². The van der Waals surface area contributed by atoms with E-state index in [1.165, 1.54) is 4.90 Å². The summed E-state index contributed by atoms with van der Waals surface area (Å²) in [5, 5.41) is 28.7. The number of carbonyl (C=O) groups is 3. The zero-order chi connectivity index (χ0) is 14.8. The third-order valence-electron chi connectivity index (χ3n) is 2.55. The Labute approximate surface area is 111 Å². The highest BCUT2D eigenvalue weighted by atomic mass is 16.4. The van der Waals surface area contributed by atoms with Crippen LogP contribution in [0.2, 0.25) is 0 Å². The molecule has 8 nitrogen and oxygen atoms in total. The first-order chi connectivity index (χ1) is 8.85. The van der Waals surface area contributed by atoms with Gasteiger partial charge in [0.05, 0.1) is 19.6 Å². The molecule has 0 rings (SSSR count). The molecule has 110 valence electrons. The van der Waals surface area contributed by atoms with Gasteiger partial charge in [-0.25, -0.2) is 0 Å². The second-order valence-corrected chi connectivity index (χ2v) is 4.17. The lowest BCUT2D eigenvalue weighted by Crippen LogP contribution is -2.40. The third kappa shape index (κ3) is 9.98. The summed E-state index contributed by atoms with van der Waals surface area (Å²) >= 11 is 0. The Balaban J connectivity index is 4.21. The highest BCUT2D eigenvalue weighted by Gasteiger charge is 2.15. The van der Waals surface area contributed by atoms with Gasteiger partial charge in [0, 0.05) is 12.6 Å². The topological polar surface area (TPSA) is 127 Å². The summed E-state index contributed by atoms with van der Waals surface area (Å²) in [5.41, 5.74) is 0. The van der Waals surface area contributed by atoms with E-state index in [1.807, 2.05) is 6.92 Å². The first kappa shape index (κ1) is 17.3. The summed E-state index contributed by atoms with van der Waals surface area (Å²) in [5.74, 6) is -3.15. The molecule has 0 aromatic heterocycles. The standard InChI is InChI=1S/C11H20N2O6/c1-2-8(12-5-9(14)15)3-4-13(6-10(16)17)7-11(18)19/h8,12H,2-7H2,1H3,(H,14,15)(H,16,17)(H,18,19)/t8-/m1/s1. The molecule has 4 N–H and O–H groups in total. The minimum atomic E-state index is -1.09. The number of nitrogens with one attached hydrogen (secondary N) is 1. The average molecular weight is 276 g/mol. The molecule has 19 heavy (non-hydrogen) atoms. The van der Waals surface area contributed by atoms with Crippen LogP contribution in [0.1, 0.15) is 19.8 Å². The van der Waals surface area contributed by atoms with E-state index >= 15 is 0 Å². The molecule has 0 aromatic carbocycles. The summed E-state index contributed by atoms with van der Waals surface area (Å²) in [4.78, 5) is 32.9. The largest absolute Gasteiger partial charge is 0.480 e. The molecule has 0 aliphatic carbocycles. The fourth-order valence-corrected chi connectivity index (χ4v) is 1.62. The molecule has 0 bridgehead atoms. The number of carboxylic acid groups (broad SMARTS) is 3. The van der Waals surface area contributed by atoms with Crippen LogP contribution in [-0.2, 0) is 14.4 Å². The van der Waals surface area contributed by atoms with Crippen molar-refractivity contribution < 1.29 is 29.7 Å². The van der Waals surface area contributed by atoms with Gasteiger partial charge in [0.1, 0.15) is 0 Å². The van der Waals surface area contributed by atoms with Crippen molar-refractivity contribution in [2.75, 3.05) is 26.2 Å². The third-order valence-corrected chi connectivity index (χ3v) is 2.55. The van der Waals surface area contributed by atoms with Crippen LogP contribution in [0.15, 0.2) is 0 Å². The second kappa shape index (κ2) is 9.29. The lowest BCUT2D eigenvalue weighted by molar-refractivity contribution is -0.142. The van der Waals surface area contributed by atoms with Crippen LogP contribution >= 0.6 is 0 Å². The first-order valence-corrected chi connectivity index (χ1v) is 5.96. The zero-order valence-corrected chi connectivity index (χ0v) is 10.8. The molecule has 0 aliphatic rings. The van der Waals surface area contributed by atoms with Crippen molar-refractivity contribution in [3.8, 4) is 0 Å². The first-order valence-electron chi connectivity index (χ1n) is 5.96. The Morgan fingerprint density at radius 1 is 1.05 bits per heavy atom. The monoisotopic (exact) mass is 276 g/mol. The van der Waals surface area contributed by atoms with Gasteiger partial charge in [-0.3, -0.25) is 19.3 Å². The fourth-order valence-electron chi connectivity index (χ4n) is 1.62. The fraction of sp³-hybridized carbons (Fsp3) is 0.727. The van der Waals surface area contributed by atoms with Crippen molar-refractivity contribution >= 4 is 17.9 Å². The van der Waals surface area contributed by atoms with Crippen molar-refractivity contribution in [1.29, 1.82) is 0 Å². The van der Waals surface area contributed by atoms with Gasteiger partial charge in [-0.2, -0.15) is 0 Å². The second-order valence-electron chi connectivity index (χ2n) is 4.17. The maximum atomic E-state index is 10.6. The van der Waals surface area contributed by atoms with Crippen molar-refractivity contribution in [2.45, 2.75) is 25.8 Å². The number of nitrogens with zero attached hydrogens (tertiary/aromatic N) is 1. The van der Waals surface area contributed by atoms with E-state index in [9.17, 15) is 14.4 Å². The predicted molar refractivity (Wildman–Crippen MR) is 66.0 cm³/mol. The van der Waals surface area contributed by atoms with E-state index in [0.29, 0.717) is 12.8 Å². The van der Waals surface area contributed by atoms with Gasteiger partial charge in [0.15, 0.2) is 0 Å². The minimum absolute atomic E-state index is 0.0822. The molecule has 0 aliphatic heterocycles. The number of carboxylic acids is 3. The number of aliphatic carboxylic acids is 3. The van der Waals surface area contributed by atoms with Crippen molar-refractivity contribution in [3.05, 3.63) is 0 Å². The minimum Gasteiger partial charge on any atom is -0.480 e. The Bertz CT molecular complexity index is 304. The number of hydrogen-bond donors (Lipinski definition) is 4. The Kier molecular flexibility index (Phi) is 8.47. The molecular formula is C11H20N2O6. The van der Waals surface area contributed by atoms with Gasteiger partial charge in [0.2, 0.25) is 0 Å². The summed E-state index contributed by atoms with van der Waals surface area (Å²) < 4.78 is 0. The molecule has 8 heteroatoms. The highest BCUT2D eigenvalue weighted by Crippen LogP contribution is 2.01. The maximum Gasteiger partial charge on any atom is 0.317 e. The molecule has 1 atom stereocenters. The molecule has 0 heterocycles. The molecular weight excluding hydrogens is 256 g/mol. The van der Waals surface area contributed by atoms with Gasteiger partial charge in [-0.05, 0) is 12.8 Å². The summed E-state index contributed by atoms with van der Waals surface area (Å²) in [6.45, 7) is 1.29. The van der Waals surface area contributed by atoms with Gasteiger partial charge >= 0.3 is 17.9 Å². The summed E-state index contributed by atoms with van der Waals surface area (Å²) in [6.07, 6.45) is 1.17. The lowest BCUT2D eigenvalue weighted by atomic mass is 10.1. The molecule has 0 saturated carbocycles. The van der Waals surface area contributed by atoms with Crippen LogP contribution in [0.3, 0.4) is 0 Å². The van der Waals surface area contributed by atoms with Crippen LogP contribution in [0.25, 0.3) is 0 Å². The molecule has 0 radical (unpaired) electrons. The van der Waals surface area contributed by atoms with Crippen LogP contribution in [0.4, 0.5) is 0 Å². The highest BCUT2D eigenvalue weighted by molar-refractivity contribution is 5.72.